The van der Waals surface area contributed by atoms with Gasteiger partial charge in [-0.3, -0.25) is 4.79 Å². The van der Waals surface area contributed by atoms with Crippen molar-refractivity contribution in [1.29, 1.82) is 0 Å². The highest BCUT2D eigenvalue weighted by molar-refractivity contribution is 7.99. The molecule has 2 aromatic rings. The Kier molecular flexibility index (Phi) is 6.05. The van der Waals surface area contributed by atoms with Crippen molar-refractivity contribution >= 4 is 29.3 Å². The highest BCUT2D eigenvalue weighted by Gasteiger charge is 2.08. The molecule has 1 amide bonds. The van der Waals surface area contributed by atoms with Crippen LogP contribution in [-0.4, -0.2) is 29.8 Å². The third-order valence-electron chi connectivity index (χ3n) is 3.06. The van der Waals surface area contributed by atoms with Gasteiger partial charge in [-0.05, 0) is 29.8 Å². The van der Waals surface area contributed by atoms with Crippen LogP contribution in [0.25, 0.3) is 0 Å². The number of carboxylic acids is 1. The third-order valence-corrected chi connectivity index (χ3v) is 4.06. The van der Waals surface area contributed by atoms with Crippen LogP contribution in [0.4, 0.5) is 5.69 Å². The molecule has 5 nitrogen and oxygen atoms in total. The van der Waals surface area contributed by atoms with Crippen LogP contribution in [0.1, 0.15) is 15.9 Å². The van der Waals surface area contributed by atoms with E-state index in [0.29, 0.717) is 17.2 Å². The first-order valence-corrected chi connectivity index (χ1v) is 8.08. The summed E-state index contributed by atoms with van der Waals surface area (Å²) in [5.41, 5.74) is 1.76. The lowest BCUT2D eigenvalue weighted by Crippen LogP contribution is -2.14. The van der Waals surface area contributed by atoms with E-state index in [-0.39, 0.29) is 17.2 Å². The fourth-order valence-electron chi connectivity index (χ4n) is 1.99. The van der Waals surface area contributed by atoms with Crippen LogP contribution >= 0.6 is 11.8 Å². The van der Waals surface area contributed by atoms with Crippen LogP contribution in [0.3, 0.4) is 0 Å². The first kappa shape index (κ1) is 16.9. The quantitative estimate of drug-likeness (QED) is 0.814. The Labute approximate surface area is 138 Å². The summed E-state index contributed by atoms with van der Waals surface area (Å²) < 4.78 is 5.18. The predicted octanol–water partition coefficient (Wildman–Crippen LogP) is 3.27. The van der Waals surface area contributed by atoms with Crippen molar-refractivity contribution in [2.75, 3.05) is 18.2 Å². The van der Waals surface area contributed by atoms with E-state index < -0.39 is 5.97 Å². The summed E-state index contributed by atoms with van der Waals surface area (Å²) in [6, 6.07) is 13.9. The number of carbonyl (C=O) groups is 2. The molecule has 0 aromatic heterocycles. The fourth-order valence-corrected chi connectivity index (χ4v) is 2.76. The molecule has 0 fully saturated rings. The highest BCUT2D eigenvalue weighted by atomic mass is 32.2. The molecule has 0 aliphatic heterocycles. The number of nitrogens with one attached hydrogen (secondary N) is 1. The van der Waals surface area contributed by atoms with E-state index in [0.717, 1.165) is 5.56 Å². The second-order valence-corrected chi connectivity index (χ2v) is 5.73. The smallest absolute Gasteiger partial charge is 0.335 e. The summed E-state index contributed by atoms with van der Waals surface area (Å²) in [4.78, 5) is 22.9. The number of anilines is 1. The van der Waals surface area contributed by atoms with E-state index in [2.05, 4.69) is 5.32 Å². The van der Waals surface area contributed by atoms with Gasteiger partial charge in [-0.1, -0.05) is 24.3 Å². The maximum atomic E-state index is 12.0. The average Bonchev–Trinajstić information content (AvgIpc) is 2.55. The molecule has 2 N–H and O–H groups in total. The van der Waals surface area contributed by atoms with Crippen molar-refractivity contribution in [3.63, 3.8) is 0 Å². The molecule has 0 aliphatic carbocycles. The number of hydrogen-bond acceptors (Lipinski definition) is 4. The number of benzene rings is 2. The van der Waals surface area contributed by atoms with Gasteiger partial charge in [-0.2, -0.15) is 0 Å². The summed E-state index contributed by atoms with van der Waals surface area (Å²) in [5, 5.41) is 11.8. The van der Waals surface area contributed by atoms with Crippen molar-refractivity contribution in [3.05, 3.63) is 59.7 Å². The minimum Gasteiger partial charge on any atom is -0.495 e. The zero-order valence-corrected chi connectivity index (χ0v) is 13.4. The van der Waals surface area contributed by atoms with Gasteiger partial charge in [-0.25, -0.2) is 4.79 Å². The molecular weight excluding hydrogens is 314 g/mol. The molecule has 0 aliphatic rings. The number of amides is 1. The molecule has 0 spiro atoms. The molecule has 0 radical (unpaired) electrons. The molecule has 0 heterocycles. The Morgan fingerprint density at radius 3 is 2.70 bits per heavy atom. The van der Waals surface area contributed by atoms with Crippen molar-refractivity contribution in [3.8, 4) is 5.75 Å². The molecule has 6 heteroatoms. The van der Waals surface area contributed by atoms with Gasteiger partial charge >= 0.3 is 5.97 Å². The van der Waals surface area contributed by atoms with Gasteiger partial charge in [0, 0.05) is 5.75 Å². The van der Waals surface area contributed by atoms with E-state index in [4.69, 9.17) is 9.84 Å². The third kappa shape index (κ3) is 5.03. The van der Waals surface area contributed by atoms with Crippen LogP contribution in [0.15, 0.2) is 48.5 Å². The molecule has 2 aromatic carbocycles. The van der Waals surface area contributed by atoms with Crippen LogP contribution < -0.4 is 10.1 Å². The second kappa shape index (κ2) is 8.24. The summed E-state index contributed by atoms with van der Waals surface area (Å²) in [6.07, 6.45) is 0. The Hall–Kier alpha value is -2.47. The highest BCUT2D eigenvalue weighted by Crippen LogP contribution is 2.23. The minimum absolute atomic E-state index is 0.131. The van der Waals surface area contributed by atoms with E-state index >= 15 is 0 Å². The largest absolute Gasteiger partial charge is 0.495 e. The Morgan fingerprint density at radius 2 is 1.96 bits per heavy atom. The molecule has 0 atom stereocenters. The SMILES string of the molecule is COc1ccccc1NC(=O)CSCc1cccc(C(=O)O)c1. The van der Waals surface area contributed by atoms with Crippen LogP contribution in [-0.2, 0) is 10.5 Å². The fraction of sp³-hybridized carbons (Fsp3) is 0.176. The van der Waals surface area contributed by atoms with Gasteiger partial charge in [0.2, 0.25) is 5.91 Å². The van der Waals surface area contributed by atoms with Crippen molar-refractivity contribution in [1.82, 2.24) is 0 Å². The van der Waals surface area contributed by atoms with Gasteiger partial charge in [0.1, 0.15) is 5.75 Å². The molecule has 120 valence electrons. The number of rotatable bonds is 7. The van der Waals surface area contributed by atoms with E-state index in [1.165, 1.54) is 11.8 Å². The number of para-hydroxylation sites is 2. The molecule has 0 bridgehead atoms. The second-order valence-electron chi connectivity index (χ2n) is 4.75. The number of thioether (sulfide) groups is 1. The van der Waals surface area contributed by atoms with E-state index in [1.807, 2.05) is 18.2 Å². The maximum absolute atomic E-state index is 12.0. The van der Waals surface area contributed by atoms with Crippen molar-refractivity contribution < 1.29 is 19.4 Å². The summed E-state index contributed by atoms with van der Waals surface area (Å²) >= 11 is 1.42. The number of carbonyl (C=O) groups excluding carboxylic acids is 1. The van der Waals surface area contributed by atoms with Crippen molar-refractivity contribution in [2.24, 2.45) is 0 Å². The normalized spacial score (nSPS) is 10.1. The zero-order chi connectivity index (χ0) is 16.7. The number of methoxy groups -OCH3 is 1. The number of aromatic carboxylic acids is 1. The van der Waals surface area contributed by atoms with Gasteiger partial charge < -0.3 is 15.2 Å². The molecule has 0 saturated carbocycles. The summed E-state index contributed by atoms with van der Waals surface area (Å²) in [6.45, 7) is 0. The average molecular weight is 331 g/mol. The molecule has 2 rings (SSSR count). The Bertz CT molecular complexity index is 702. The monoisotopic (exact) mass is 331 g/mol. The minimum atomic E-state index is -0.953. The predicted molar refractivity (Wildman–Crippen MR) is 91.2 cm³/mol. The van der Waals surface area contributed by atoms with Gasteiger partial charge in [0.25, 0.3) is 0 Å². The van der Waals surface area contributed by atoms with Gasteiger partial charge in [-0.15, -0.1) is 11.8 Å². The van der Waals surface area contributed by atoms with Crippen LogP contribution in [0.5, 0.6) is 5.75 Å². The summed E-state index contributed by atoms with van der Waals surface area (Å²) in [7, 11) is 1.55. The standard InChI is InChI=1S/C17H17NO4S/c1-22-15-8-3-2-7-14(15)18-16(19)11-23-10-12-5-4-6-13(9-12)17(20)21/h2-9H,10-11H2,1H3,(H,18,19)(H,20,21). The number of ether oxygens (including phenoxy) is 1. The first-order chi connectivity index (χ1) is 11.1. The molecule has 0 saturated heterocycles. The molecule has 23 heavy (non-hydrogen) atoms. The van der Waals surface area contributed by atoms with Crippen molar-refractivity contribution in [2.45, 2.75) is 5.75 Å². The van der Waals surface area contributed by atoms with Gasteiger partial charge in [0.05, 0.1) is 24.1 Å². The maximum Gasteiger partial charge on any atom is 0.335 e. The summed E-state index contributed by atoms with van der Waals surface area (Å²) in [5.74, 6) is 0.371. The zero-order valence-electron chi connectivity index (χ0n) is 12.6. The lowest BCUT2D eigenvalue weighted by Gasteiger charge is -2.09. The van der Waals surface area contributed by atoms with E-state index in [1.54, 1.807) is 37.4 Å². The number of carboxylic acid groups (broad SMARTS) is 1. The Morgan fingerprint density at radius 1 is 1.17 bits per heavy atom. The van der Waals surface area contributed by atoms with Gasteiger partial charge in [0.15, 0.2) is 0 Å². The molecule has 0 unspecified atom stereocenters. The Balaban J connectivity index is 1.85. The van der Waals surface area contributed by atoms with E-state index in [9.17, 15) is 9.59 Å². The number of hydrogen-bond donors (Lipinski definition) is 2. The molecular formula is C17H17NO4S. The topological polar surface area (TPSA) is 75.6 Å². The lowest BCUT2D eigenvalue weighted by atomic mass is 10.1. The van der Waals surface area contributed by atoms with Crippen LogP contribution in [0.2, 0.25) is 0 Å². The first-order valence-electron chi connectivity index (χ1n) is 6.93. The lowest BCUT2D eigenvalue weighted by molar-refractivity contribution is -0.113. The van der Waals surface area contributed by atoms with Crippen LogP contribution in [0, 0.1) is 0 Å².